The van der Waals surface area contributed by atoms with E-state index in [-0.39, 0.29) is 11.8 Å². The van der Waals surface area contributed by atoms with Crippen molar-refractivity contribution in [2.24, 2.45) is 0 Å². The highest BCUT2D eigenvalue weighted by molar-refractivity contribution is 7.12. The molecule has 5 nitrogen and oxygen atoms in total. The minimum absolute atomic E-state index is 0.279. The van der Waals surface area contributed by atoms with Gasteiger partial charge in [0, 0.05) is 19.7 Å². The van der Waals surface area contributed by atoms with E-state index in [0.717, 1.165) is 0 Å². The number of rotatable bonds is 5. The van der Waals surface area contributed by atoms with E-state index in [1.807, 2.05) is 24.4 Å². The van der Waals surface area contributed by atoms with Crippen LogP contribution in [0.1, 0.15) is 20.0 Å². The van der Waals surface area contributed by atoms with Crippen molar-refractivity contribution in [3.05, 3.63) is 74.4 Å². The Balaban J connectivity index is 1.84. The molecule has 2 N–H and O–H groups in total. The lowest BCUT2D eigenvalue weighted by molar-refractivity contribution is 0.101. The van der Waals surface area contributed by atoms with Crippen molar-refractivity contribution in [1.82, 2.24) is 0 Å². The molecule has 0 saturated heterocycles. The summed E-state index contributed by atoms with van der Waals surface area (Å²) in [5.74, 6) is -0.618. The van der Waals surface area contributed by atoms with E-state index in [1.165, 1.54) is 11.3 Å². The third kappa shape index (κ3) is 4.47. The molecule has 0 aliphatic heterocycles. The van der Waals surface area contributed by atoms with Crippen molar-refractivity contribution in [2.75, 3.05) is 29.6 Å². The van der Waals surface area contributed by atoms with Crippen molar-refractivity contribution in [3.8, 4) is 0 Å². The lowest BCUT2D eigenvalue weighted by Gasteiger charge is -2.19. The number of nitrogens with zero attached hydrogens (tertiary/aromatic N) is 1. The zero-order chi connectivity index (χ0) is 20.3. The van der Waals surface area contributed by atoms with E-state index in [2.05, 4.69) is 10.6 Å². The number of carbonyl (C=O) groups excluding carboxylic acids is 2. The molecular weight excluding hydrogens is 417 g/mol. The molecule has 0 spiro atoms. The fourth-order valence-electron chi connectivity index (χ4n) is 2.62. The third-order valence-corrected chi connectivity index (χ3v) is 5.41. The number of carbonyl (C=O) groups is 2. The average Bonchev–Trinajstić information content (AvgIpc) is 3.18. The first kappa shape index (κ1) is 20.2. The number of amides is 2. The molecule has 28 heavy (non-hydrogen) atoms. The van der Waals surface area contributed by atoms with Crippen LogP contribution in [0.5, 0.6) is 0 Å². The summed E-state index contributed by atoms with van der Waals surface area (Å²) in [6.07, 6.45) is 0. The number of hydrogen-bond acceptors (Lipinski definition) is 4. The van der Waals surface area contributed by atoms with Crippen LogP contribution >= 0.6 is 34.5 Å². The van der Waals surface area contributed by atoms with Crippen LogP contribution in [0.25, 0.3) is 0 Å². The van der Waals surface area contributed by atoms with Crippen molar-refractivity contribution in [3.63, 3.8) is 0 Å². The molecule has 1 heterocycles. The summed E-state index contributed by atoms with van der Waals surface area (Å²) in [5.41, 5.74) is 2.02. The predicted molar refractivity (Wildman–Crippen MR) is 117 cm³/mol. The molecule has 3 rings (SSSR count). The van der Waals surface area contributed by atoms with Gasteiger partial charge in [-0.3, -0.25) is 9.59 Å². The highest BCUT2D eigenvalue weighted by Crippen LogP contribution is 2.33. The molecule has 0 unspecified atom stereocenters. The largest absolute Gasteiger partial charge is 0.375 e. The maximum Gasteiger partial charge on any atom is 0.265 e. The van der Waals surface area contributed by atoms with Gasteiger partial charge in [-0.15, -0.1) is 11.3 Å². The Morgan fingerprint density at radius 2 is 1.64 bits per heavy atom. The van der Waals surface area contributed by atoms with E-state index in [9.17, 15) is 9.59 Å². The fraction of sp³-hybridized carbons (Fsp3) is 0.100. The average molecular weight is 434 g/mol. The first-order valence-corrected chi connectivity index (χ1v) is 9.92. The standard InChI is InChI=1S/C20H17Cl2N3O2S/c1-25(2)18-14(22)5-3-6-15(18)23-19(26)12-8-9-13(21)16(11-12)24-20(27)17-7-4-10-28-17/h3-11H,1-2H3,(H,23,26)(H,24,27). The summed E-state index contributed by atoms with van der Waals surface area (Å²) in [4.78, 5) is 27.4. The Morgan fingerprint density at radius 1 is 0.893 bits per heavy atom. The number of nitrogens with one attached hydrogen (secondary N) is 2. The van der Waals surface area contributed by atoms with Gasteiger partial charge >= 0.3 is 0 Å². The second kappa shape index (κ2) is 8.65. The molecule has 0 radical (unpaired) electrons. The van der Waals surface area contributed by atoms with Crippen molar-refractivity contribution < 1.29 is 9.59 Å². The zero-order valence-corrected chi connectivity index (χ0v) is 17.5. The number of hydrogen-bond donors (Lipinski definition) is 2. The topological polar surface area (TPSA) is 61.4 Å². The predicted octanol–water partition coefficient (Wildman–Crippen LogP) is 5.63. The third-order valence-electron chi connectivity index (χ3n) is 3.90. The first-order chi connectivity index (χ1) is 13.4. The molecule has 1 aromatic heterocycles. The van der Waals surface area contributed by atoms with Gasteiger partial charge in [-0.25, -0.2) is 0 Å². The van der Waals surface area contributed by atoms with Crippen LogP contribution in [0, 0.1) is 0 Å². The van der Waals surface area contributed by atoms with Crippen molar-refractivity contribution in [2.45, 2.75) is 0 Å². The maximum atomic E-state index is 12.8. The smallest absolute Gasteiger partial charge is 0.265 e. The monoisotopic (exact) mass is 433 g/mol. The Labute approximate surface area is 176 Å². The normalized spacial score (nSPS) is 10.4. The summed E-state index contributed by atoms with van der Waals surface area (Å²) in [7, 11) is 3.69. The fourth-order valence-corrected chi connectivity index (χ4v) is 3.75. The van der Waals surface area contributed by atoms with Crippen LogP contribution in [-0.2, 0) is 0 Å². The van der Waals surface area contributed by atoms with Crippen LogP contribution in [0.4, 0.5) is 17.1 Å². The van der Waals surface area contributed by atoms with Gasteiger partial charge in [0.05, 0.1) is 32.0 Å². The Bertz CT molecular complexity index is 1020. The molecule has 2 amide bonds. The minimum Gasteiger partial charge on any atom is -0.375 e. The Morgan fingerprint density at radius 3 is 2.32 bits per heavy atom. The molecular formula is C20H17Cl2N3O2S. The number of thiophene rings is 1. The molecule has 0 aliphatic rings. The van der Waals surface area contributed by atoms with Crippen LogP contribution in [0.2, 0.25) is 10.0 Å². The number of benzene rings is 2. The van der Waals surface area contributed by atoms with E-state index in [1.54, 1.807) is 48.5 Å². The summed E-state index contributed by atoms with van der Waals surface area (Å²) >= 11 is 13.8. The van der Waals surface area contributed by atoms with Crippen LogP contribution in [0.15, 0.2) is 53.9 Å². The molecule has 2 aromatic carbocycles. The van der Waals surface area contributed by atoms with Gasteiger partial charge in [-0.1, -0.05) is 35.3 Å². The van der Waals surface area contributed by atoms with Gasteiger partial charge in [0.2, 0.25) is 0 Å². The number of para-hydroxylation sites is 1. The maximum absolute atomic E-state index is 12.8. The molecule has 3 aromatic rings. The van der Waals surface area contributed by atoms with Crippen molar-refractivity contribution >= 4 is 63.4 Å². The summed E-state index contributed by atoms with van der Waals surface area (Å²) < 4.78 is 0. The number of anilines is 3. The van der Waals surface area contributed by atoms with Crippen molar-refractivity contribution in [1.29, 1.82) is 0 Å². The van der Waals surface area contributed by atoms with Gasteiger partial charge in [-0.05, 0) is 41.8 Å². The quantitative estimate of drug-likeness (QED) is 0.548. The molecule has 0 fully saturated rings. The summed E-state index contributed by atoms with van der Waals surface area (Å²) in [5, 5.41) is 8.29. The highest BCUT2D eigenvalue weighted by Gasteiger charge is 2.16. The van der Waals surface area contributed by atoms with Crippen LogP contribution in [-0.4, -0.2) is 25.9 Å². The van der Waals surface area contributed by atoms with Gasteiger partial charge < -0.3 is 15.5 Å². The second-order valence-electron chi connectivity index (χ2n) is 6.11. The Kier molecular flexibility index (Phi) is 6.24. The van der Waals surface area contributed by atoms with Gasteiger partial charge in [0.25, 0.3) is 11.8 Å². The number of halogens is 2. The zero-order valence-electron chi connectivity index (χ0n) is 15.1. The molecule has 0 aliphatic carbocycles. The van der Waals surface area contributed by atoms with Gasteiger partial charge in [0.15, 0.2) is 0 Å². The van der Waals surface area contributed by atoms with Crippen LogP contribution < -0.4 is 15.5 Å². The van der Waals surface area contributed by atoms with Gasteiger partial charge in [-0.2, -0.15) is 0 Å². The molecule has 8 heteroatoms. The first-order valence-electron chi connectivity index (χ1n) is 8.28. The van der Waals surface area contributed by atoms with E-state index in [0.29, 0.717) is 37.5 Å². The second-order valence-corrected chi connectivity index (χ2v) is 7.87. The Hall–Kier alpha value is -2.54. The SMILES string of the molecule is CN(C)c1c(Cl)cccc1NC(=O)c1ccc(Cl)c(NC(=O)c2cccs2)c1. The van der Waals surface area contributed by atoms with Gasteiger partial charge in [0.1, 0.15) is 0 Å². The molecule has 0 atom stereocenters. The summed E-state index contributed by atoms with van der Waals surface area (Å²) in [6.45, 7) is 0. The van der Waals surface area contributed by atoms with Crippen LogP contribution in [0.3, 0.4) is 0 Å². The summed E-state index contributed by atoms with van der Waals surface area (Å²) in [6, 6.07) is 13.5. The van der Waals surface area contributed by atoms with E-state index >= 15 is 0 Å². The molecule has 0 saturated carbocycles. The lowest BCUT2D eigenvalue weighted by atomic mass is 10.1. The molecule has 0 bridgehead atoms. The van der Waals surface area contributed by atoms with E-state index in [4.69, 9.17) is 23.2 Å². The van der Waals surface area contributed by atoms with E-state index < -0.39 is 0 Å². The highest BCUT2D eigenvalue weighted by atomic mass is 35.5. The molecule has 144 valence electrons. The lowest BCUT2D eigenvalue weighted by Crippen LogP contribution is -2.17. The minimum atomic E-state index is -0.339.